The number of hydrogen-bond donors (Lipinski definition) is 0. The van der Waals surface area contributed by atoms with Crippen molar-refractivity contribution >= 4 is 17.4 Å². The molecule has 0 aliphatic rings. The van der Waals surface area contributed by atoms with Crippen LogP contribution in [0.5, 0.6) is 0 Å². The number of carbonyl (C=O) groups excluding carboxylic acids is 1. The van der Waals surface area contributed by atoms with Gasteiger partial charge < -0.3 is 0 Å². The van der Waals surface area contributed by atoms with E-state index >= 15 is 0 Å². The van der Waals surface area contributed by atoms with Crippen LogP contribution in [0.1, 0.15) is 38.8 Å². The minimum atomic E-state index is -0.269. The second-order valence-corrected chi connectivity index (χ2v) is 5.40. The van der Waals surface area contributed by atoms with Crippen molar-refractivity contribution in [3.63, 3.8) is 0 Å². The van der Waals surface area contributed by atoms with Crippen molar-refractivity contribution in [1.29, 1.82) is 0 Å². The Bertz CT molecular complexity index is 555. The van der Waals surface area contributed by atoms with Crippen molar-refractivity contribution in [3.8, 4) is 0 Å². The lowest BCUT2D eigenvalue weighted by molar-refractivity contribution is 0.0981. The Kier molecular flexibility index (Phi) is 4.39. The maximum absolute atomic E-state index is 12.1. The summed E-state index contributed by atoms with van der Waals surface area (Å²) in [6.45, 7) is 4.04. The van der Waals surface area contributed by atoms with Crippen molar-refractivity contribution in [2.24, 2.45) is 0 Å². The molecule has 0 fully saturated rings. The average Bonchev–Trinajstić information content (AvgIpc) is 2.40. The van der Waals surface area contributed by atoms with Gasteiger partial charge in [0.15, 0.2) is 5.78 Å². The predicted octanol–water partition coefficient (Wildman–Crippen LogP) is 4.86. The Morgan fingerprint density at radius 1 is 0.947 bits per heavy atom. The van der Waals surface area contributed by atoms with Gasteiger partial charge in [-0.05, 0) is 19.4 Å². The van der Waals surface area contributed by atoms with Gasteiger partial charge in [-0.25, -0.2) is 0 Å². The van der Waals surface area contributed by atoms with Gasteiger partial charge in [-0.3, -0.25) is 4.79 Å². The molecule has 1 atom stereocenters. The molecule has 0 saturated heterocycles. The second kappa shape index (κ2) is 6.03. The molecule has 2 aromatic rings. The number of halogens is 1. The van der Waals surface area contributed by atoms with Crippen LogP contribution >= 0.6 is 11.6 Å². The molecule has 1 nitrogen and oxygen atoms in total. The van der Waals surface area contributed by atoms with E-state index < -0.39 is 0 Å². The minimum Gasteiger partial charge on any atom is -0.294 e. The summed E-state index contributed by atoms with van der Waals surface area (Å²) in [4.78, 5) is 12.1. The van der Waals surface area contributed by atoms with Gasteiger partial charge in [-0.2, -0.15) is 0 Å². The first kappa shape index (κ1) is 13.8. The molecule has 2 rings (SSSR count). The van der Waals surface area contributed by atoms with Gasteiger partial charge in [-0.1, -0.05) is 59.7 Å². The summed E-state index contributed by atoms with van der Waals surface area (Å²) in [6, 6.07) is 15.6. The van der Waals surface area contributed by atoms with E-state index in [4.69, 9.17) is 11.6 Å². The number of aryl methyl sites for hydroxylation is 2. The molecule has 0 heterocycles. The van der Waals surface area contributed by atoms with Crippen LogP contribution in [0.4, 0.5) is 0 Å². The highest BCUT2D eigenvalue weighted by Gasteiger charge is 2.14. The van der Waals surface area contributed by atoms with E-state index in [1.165, 1.54) is 5.56 Å². The molecule has 0 unspecified atom stereocenters. The van der Waals surface area contributed by atoms with Gasteiger partial charge in [0.2, 0.25) is 0 Å². The number of carbonyl (C=O) groups is 1. The van der Waals surface area contributed by atoms with E-state index in [2.05, 4.69) is 0 Å². The molecule has 19 heavy (non-hydrogen) atoms. The van der Waals surface area contributed by atoms with E-state index in [0.717, 1.165) is 16.7 Å². The lowest BCUT2D eigenvalue weighted by Crippen LogP contribution is -2.03. The summed E-state index contributed by atoms with van der Waals surface area (Å²) >= 11 is 6.31. The van der Waals surface area contributed by atoms with Crippen LogP contribution in [-0.4, -0.2) is 5.78 Å². The molecule has 0 N–H and O–H groups in total. The molecule has 0 aromatic heterocycles. The summed E-state index contributed by atoms with van der Waals surface area (Å²) in [7, 11) is 0. The molecule has 0 radical (unpaired) electrons. The number of rotatable bonds is 4. The second-order valence-electron chi connectivity index (χ2n) is 4.87. The fourth-order valence-corrected chi connectivity index (χ4v) is 2.20. The fraction of sp³-hybridized carbons (Fsp3) is 0.235. The van der Waals surface area contributed by atoms with Gasteiger partial charge in [0.1, 0.15) is 0 Å². The molecule has 2 heteroatoms. The maximum atomic E-state index is 12.1. The molecule has 0 spiro atoms. The summed E-state index contributed by atoms with van der Waals surface area (Å²) in [6.07, 6.45) is 0.327. The SMILES string of the molecule is Cc1ccc(C(=O)C[C@H](Cl)c2ccc(C)cc2)cc1. The Morgan fingerprint density at radius 3 is 1.95 bits per heavy atom. The Balaban J connectivity index is 2.06. The molecule has 0 aliphatic carbocycles. The first-order valence-corrected chi connectivity index (χ1v) is 6.80. The van der Waals surface area contributed by atoms with Gasteiger partial charge in [-0.15, -0.1) is 11.6 Å². The van der Waals surface area contributed by atoms with E-state index in [1.807, 2.05) is 62.4 Å². The Hall–Kier alpha value is -1.60. The van der Waals surface area contributed by atoms with Crippen LogP contribution in [0.25, 0.3) is 0 Å². The lowest BCUT2D eigenvalue weighted by Gasteiger charge is -2.09. The number of ketones is 1. The van der Waals surface area contributed by atoms with Crippen molar-refractivity contribution < 1.29 is 4.79 Å². The summed E-state index contributed by atoms with van der Waals surface area (Å²) < 4.78 is 0. The number of benzene rings is 2. The third-order valence-electron chi connectivity index (χ3n) is 3.18. The van der Waals surface area contributed by atoms with E-state index in [9.17, 15) is 4.79 Å². The molecule has 98 valence electrons. The molecule has 0 saturated carbocycles. The van der Waals surface area contributed by atoms with Gasteiger partial charge in [0.25, 0.3) is 0 Å². The Labute approximate surface area is 119 Å². The molecular weight excluding hydrogens is 256 g/mol. The first-order chi connectivity index (χ1) is 9.06. The van der Waals surface area contributed by atoms with Crippen molar-refractivity contribution in [1.82, 2.24) is 0 Å². The van der Waals surface area contributed by atoms with E-state index in [0.29, 0.717) is 6.42 Å². The summed E-state index contributed by atoms with van der Waals surface area (Å²) in [5.74, 6) is 0.0839. The fourth-order valence-electron chi connectivity index (χ4n) is 1.91. The normalized spacial score (nSPS) is 12.2. The summed E-state index contributed by atoms with van der Waals surface area (Å²) in [5, 5.41) is -0.269. The van der Waals surface area contributed by atoms with Crippen molar-refractivity contribution in [3.05, 3.63) is 70.8 Å². The van der Waals surface area contributed by atoms with Crippen LogP contribution in [0.15, 0.2) is 48.5 Å². The number of Topliss-reactive ketones (excluding diaryl/α,β-unsaturated/α-hetero) is 1. The van der Waals surface area contributed by atoms with Gasteiger partial charge in [0, 0.05) is 12.0 Å². The zero-order valence-electron chi connectivity index (χ0n) is 11.2. The van der Waals surface area contributed by atoms with E-state index in [1.54, 1.807) is 0 Å². The van der Waals surface area contributed by atoms with Crippen LogP contribution < -0.4 is 0 Å². The molecule has 0 bridgehead atoms. The zero-order chi connectivity index (χ0) is 13.8. The first-order valence-electron chi connectivity index (χ1n) is 6.37. The van der Waals surface area contributed by atoms with Crippen molar-refractivity contribution in [2.75, 3.05) is 0 Å². The molecular formula is C17H17ClO. The predicted molar refractivity (Wildman–Crippen MR) is 79.9 cm³/mol. The van der Waals surface area contributed by atoms with Crippen LogP contribution in [0, 0.1) is 13.8 Å². The average molecular weight is 273 g/mol. The highest BCUT2D eigenvalue weighted by molar-refractivity contribution is 6.22. The molecule has 0 aliphatic heterocycles. The zero-order valence-corrected chi connectivity index (χ0v) is 11.9. The summed E-state index contributed by atoms with van der Waals surface area (Å²) in [5.41, 5.74) is 4.06. The highest BCUT2D eigenvalue weighted by Crippen LogP contribution is 2.26. The topological polar surface area (TPSA) is 17.1 Å². The van der Waals surface area contributed by atoms with Gasteiger partial charge in [0.05, 0.1) is 5.38 Å². The molecule has 0 amide bonds. The maximum Gasteiger partial charge on any atom is 0.164 e. The minimum absolute atomic E-state index is 0.0839. The van der Waals surface area contributed by atoms with Crippen LogP contribution in [0.3, 0.4) is 0 Å². The Morgan fingerprint density at radius 2 is 1.42 bits per heavy atom. The van der Waals surface area contributed by atoms with Gasteiger partial charge >= 0.3 is 0 Å². The van der Waals surface area contributed by atoms with E-state index in [-0.39, 0.29) is 11.2 Å². The highest BCUT2D eigenvalue weighted by atomic mass is 35.5. The lowest BCUT2D eigenvalue weighted by atomic mass is 10.0. The standard InChI is InChI=1S/C17H17ClO/c1-12-3-7-14(8-4-12)16(18)11-17(19)15-9-5-13(2)6-10-15/h3-10,16H,11H2,1-2H3/t16-/m0/s1. The largest absolute Gasteiger partial charge is 0.294 e. The third kappa shape index (κ3) is 3.68. The molecule has 2 aromatic carbocycles. The number of hydrogen-bond acceptors (Lipinski definition) is 1. The smallest absolute Gasteiger partial charge is 0.164 e. The van der Waals surface area contributed by atoms with Crippen molar-refractivity contribution in [2.45, 2.75) is 25.6 Å². The third-order valence-corrected chi connectivity index (χ3v) is 3.58. The van der Waals surface area contributed by atoms with Crippen LogP contribution in [-0.2, 0) is 0 Å². The van der Waals surface area contributed by atoms with Crippen LogP contribution in [0.2, 0.25) is 0 Å². The quantitative estimate of drug-likeness (QED) is 0.574. The monoisotopic (exact) mass is 272 g/mol. The number of alkyl halides is 1.